The van der Waals surface area contributed by atoms with E-state index in [0.29, 0.717) is 0 Å². The van der Waals surface area contributed by atoms with Gasteiger partial charge in [0.1, 0.15) is 0 Å². The summed E-state index contributed by atoms with van der Waals surface area (Å²) >= 11 is 0. The Balaban J connectivity index is 2.93. The topological polar surface area (TPSA) is 43.1 Å². The Bertz CT molecular complexity index is 206. The molecule has 70 valence electrons. The first kappa shape index (κ1) is 9.56. The van der Waals surface area contributed by atoms with Crippen molar-refractivity contribution in [3.05, 3.63) is 0 Å². The number of nitrogens with two attached hydrogens (primary N) is 1. The molecular weight excluding hydrogens is 150 g/mol. The Morgan fingerprint density at radius 3 is 2.00 bits per heavy atom. The van der Waals surface area contributed by atoms with Crippen molar-refractivity contribution >= 4 is 5.91 Å². The summed E-state index contributed by atoms with van der Waals surface area (Å²) in [4.78, 5) is 11.1. The zero-order valence-corrected chi connectivity index (χ0v) is 8.48. The van der Waals surface area contributed by atoms with Gasteiger partial charge in [-0.3, -0.25) is 4.79 Å². The highest BCUT2D eigenvalue weighted by atomic mass is 16.1. The van der Waals surface area contributed by atoms with Crippen LogP contribution in [-0.4, -0.2) is 5.91 Å². The summed E-state index contributed by atoms with van der Waals surface area (Å²) in [6.45, 7) is 8.73. The molecule has 1 fully saturated rings. The van der Waals surface area contributed by atoms with Crippen LogP contribution in [0.5, 0.6) is 0 Å². The average Bonchev–Trinajstić information content (AvgIpc) is 2.03. The SMILES string of the molecule is CC1(C)CC[C@@H](C(N)=O)C1(C)C. The highest BCUT2D eigenvalue weighted by molar-refractivity contribution is 5.78. The lowest BCUT2D eigenvalue weighted by Gasteiger charge is -2.37. The van der Waals surface area contributed by atoms with Crippen LogP contribution in [0, 0.1) is 16.7 Å². The predicted octanol–water partition coefficient (Wildman–Crippen LogP) is 1.93. The minimum Gasteiger partial charge on any atom is -0.369 e. The van der Waals surface area contributed by atoms with Crippen LogP contribution in [-0.2, 0) is 4.79 Å². The van der Waals surface area contributed by atoms with E-state index in [9.17, 15) is 4.79 Å². The fourth-order valence-corrected chi connectivity index (χ4v) is 2.16. The van der Waals surface area contributed by atoms with E-state index >= 15 is 0 Å². The lowest BCUT2D eigenvalue weighted by Crippen LogP contribution is -2.38. The summed E-state index contributed by atoms with van der Waals surface area (Å²) in [6, 6.07) is 0. The van der Waals surface area contributed by atoms with Gasteiger partial charge in [0.2, 0.25) is 5.91 Å². The molecule has 0 radical (unpaired) electrons. The van der Waals surface area contributed by atoms with Crippen LogP contribution in [0.25, 0.3) is 0 Å². The maximum absolute atomic E-state index is 11.1. The first-order valence-corrected chi connectivity index (χ1v) is 4.58. The first-order valence-electron chi connectivity index (χ1n) is 4.58. The van der Waals surface area contributed by atoms with Crippen molar-refractivity contribution in [2.75, 3.05) is 0 Å². The van der Waals surface area contributed by atoms with Gasteiger partial charge < -0.3 is 5.73 Å². The van der Waals surface area contributed by atoms with Gasteiger partial charge in [0.05, 0.1) is 0 Å². The quantitative estimate of drug-likeness (QED) is 0.640. The molecule has 0 heterocycles. The summed E-state index contributed by atoms with van der Waals surface area (Å²) in [5.41, 5.74) is 5.65. The van der Waals surface area contributed by atoms with Gasteiger partial charge in [-0.2, -0.15) is 0 Å². The molecule has 12 heavy (non-hydrogen) atoms. The molecular formula is C10H19NO. The molecule has 0 saturated heterocycles. The molecule has 0 unspecified atom stereocenters. The van der Waals surface area contributed by atoms with Crippen molar-refractivity contribution in [1.29, 1.82) is 0 Å². The lowest BCUT2D eigenvalue weighted by atomic mass is 9.67. The molecule has 1 atom stereocenters. The molecule has 0 aliphatic heterocycles. The van der Waals surface area contributed by atoms with E-state index in [2.05, 4.69) is 27.7 Å². The van der Waals surface area contributed by atoms with Gasteiger partial charge in [-0.05, 0) is 23.7 Å². The van der Waals surface area contributed by atoms with Crippen LogP contribution in [0.3, 0.4) is 0 Å². The number of carbonyl (C=O) groups excluding carboxylic acids is 1. The van der Waals surface area contributed by atoms with Gasteiger partial charge in [-0.1, -0.05) is 27.7 Å². The fraction of sp³-hybridized carbons (Fsp3) is 0.900. The second-order valence-electron chi connectivity index (χ2n) is 5.10. The van der Waals surface area contributed by atoms with Crippen molar-refractivity contribution in [2.45, 2.75) is 40.5 Å². The molecule has 1 amide bonds. The molecule has 0 aromatic rings. The zero-order chi connectivity index (χ0) is 9.57. The number of amides is 1. The number of rotatable bonds is 1. The van der Waals surface area contributed by atoms with Crippen LogP contribution in [0.1, 0.15) is 40.5 Å². The van der Waals surface area contributed by atoms with Crippen molar-refractivity contribution in [3.63, 3.8) is 0 Å². The van der Waals surface area contributed by atoms with Gasteiger partial charge in [-0.15, -0.1) is 0 Å². The van der Waals surface area contributed by atoms with E-state index < -0.39 is 0 Å². The van der Waals surface area contributed by atoms with Gasteiger partial charge in [0.15, 0.2) is 0 Å². The predicted molar refractivity (Wildman–Crippen MR) is 49.5 cm³/mol. The minimum atomic E-state index is -0.134. The molecule has 1 saturated carbocycles. The highest BCUT2D eigenvalue weighted by Crippen LogP contribution is 2.55. The Kier molecular flexibility index (Phi) is 1.97. The summed E-state index contributed by atoms with van der Waals surface area (Å²) in [7, 11) is 0. The smallest absolute Gasteiger partial charge is 0.221 e. The Morgan fingerprint density at radius 2 is 1.83 bits per heavy atom. The number of carbonyl (C=O) groups is 1. The largest absolute Gasteiger partial charge is 0.369 e. The van der Waals surface area contributed by atoms with Crippen LogP contribution < -0.4 is 5.73 Å². The normalized spacial score (nSPS) is 31.8. The van der Waals surface area contributed by atoms with Gasteiger partial charge in [0, 0.05) is 5.92 Å². The molecule has 2 heteroatoms. The Morgan fingerprint density at radius 1 is 1.33 bits per heavy atom. The second-order valence-corrected chi connectivity index (χ2v) is 5.10. The first-order chi connectivity index (χ1) is 5.29. The van der Waals surface area contributed by atoms with Gasteiger partial charge >= 0.3 is 0 Å². The lowest BCUT2D eigenvalue weighted by molar-refractivity contribution is -0.125. The van der Waals surface area contributed by atoms with Crippen LogP contribution in [0.2, 0.25) is 0 Å². The molecule has 2 N–H and O–H groups in total. The minimum absolute atomic E-state index is 0.0544. The van der Waals surface area contributed by atoms with Gasteiger partial charge in [0.25, 0.3) is 0 Å². The van der Waals surface area contributed by atoms with E-state index in [0.717, 1.165) is 12.8 Å². The van der Waals surface area contributed by atoms with Crippen LogP contribution in [0.4, 0.5) is 0 Å². The molecule has 0 bridgehead atoms. The van der Waals surface area contributed by atoms with Crippen molar-refractivity contribution in [3.8, 4) is 0 Å². The van der Waals surface area contributed by atoms with E-state index in [-0.39, 0.29) is 22.7 Å². The Hall–Kier alpha value is -0.530. The number of hydrogen-bond donors (Lipinski definition) is 1. The summed E-state index contributed by atoms with van der Waals surface area (Å²) in [5, 5.41) is 0. The summed E-state index contributed by atoms with van der Waals surface area (Å²) in [5.74, 6) is -0.0712. The van der Waals surface area contributed by atoms with Crippen molar-refractivity contribution in [2.24, 2.45) is 22.5 Å². The number of hydrogen-bond acceptors (Lipinski definition) is 1. The molecule has 0 aromatic carbocycles. The maximum atomic E-state index is 11.1. The number of primary amides is 1. The fourth-order valence-electron chi connectivity index (χ4n) is 2.16. The molecule has 0 aromatic heterocycles. The van der Waals surface area contributed by atoms with E-state index in [1.54, 1.807) is 0 Å². The molecule has 0 spiro atoms. The summed E-state index contributed by atoms with van der Waals surface area (Å²) < 4.78 is 0. The molecule has 1 aliphatic rings. The van der Waals surface area contributed by atoms with Crippen LogP contribution in [0.15, 0.2) is 0 Å². The van der Waals surface area contributed by atoms with Crippen LogP contribution >= 0.6 is 0 Å². The van der Waals surface area contributed by atoms with E-state index in [1.165, 1.54) is 0 Å². The molecule has 1 aliphatic carbocycles. The molecule has 1 rings (SSSR count). The Labute approximate surface area is 74.5 Å². The van der Waals surface area contributed by atoms with Crippen molar-refractivity contribution in [1.82, 2.24) is 0 Å². The highest BCUT2D eigenvalue weighted by Gasteiger charge is 2.50. The third-order valence-electron chi connectivity index (χ3n) is 4.02. The van der Waals surface area contributed by atoms with E-state index in [4.69, 9.17) is 5.73 Å². The van der Waals surface area contributed by atoms with Gasteiger partial charge in [-0.25, -0.2) is 0 Å². The third kappa shape index (κ3) is 1.13. The van der Waals surface area contributed by atoms with E-state index in [1.807, 2.05) is 0 Å². The average molecular weight is 169 g/mol. The molecule has 2 nitrogen and oxygen atoms in total. The second kappa shape index (κ2) is 2.48. The maximum Gasteiger partial charge on any atom is 0.221 e. The zero-order valence-electron chi connectivity index (χ0n) is 8.48. The monoisotopic (exact) mass is 169 g/mol. The van der Waals surface area contributed by atoms with Crippen molar-refractivity contribution < 1.29 is 4.79 Å². The standard InChI is InChI=1S/C10H19NO/c1-9(2)6-5-7(8(11)12)10(9,3)4/h7H,5-6H2,1-4H3,(H2,11,12)/t7-/m0/s1. The third-order valence-corrected chi connectivity index (χ3v) is 4.02. The summed E-state index contributed by atoms with van der Waals surface area (Å²) in [6.07, 6.45) is 2.06.